The van der Waals surface area contributed by atoms with Crippen LogP contribution in [0.1, 0.15) is 83.6 Å². The molecular weight excluding hydrogens is 272 g/mol. The van der Waals surface area contributed by atoms with Crippen LogP contribution in [0.3, 0.4) is 0 Å². The molecule has 0 aliphatic rings. The molecule has 0 saturated heterocycles. The van der Waals surface area contributed by atoms with Gasteiger partial charge in [0.2, 0.25) is 0 Å². The molecule has 1 aromatic rings. The van der Waals surface area contributed by atoms with Crippen LogP contribution in [0.5, 0.6) is 11.5 Å². The highest BCUT2D eigenvalue weighted by atomic mass is 16.3. The van der Waals surface area contributed by atoms with E-state index in [1.165, 1.54) is 63.9 Å². The zero-order valence-electron chi connectivity index (χ0n) is 14.5. The predicted molar refractivity (Wildman–Crippen MR) is 94.5 cm³/mol. The molecule has 0 fully saturated rings. The van der Waals surface area contributed by atoms with Gasteiger partial charge in [0, 0.05) is 6.07 Å². The third kappa shape index (κ3) is 9.70. The number of aromatic hydroxyl groups is 2. The molecule has 126 valence electrons. The van der Waals surface area contributed by atoms with E-state index in [1.54, 1.807) is 12.1 Å². The first kappa shape index (κ1) is 18.9. The lowest BCUT2D eigenvalue weighted by Gasteiger charge is -2.05. The number of aryl methyl sites for hydroxylation is 1. The van der Waals surface area contributed by atoms with Gasteiger partial charge >= 0.3 is 0 Å². The van der Waals surface area contributed by atoms with E-state index in [0.29, 0.717) is 0 Å². The average Bonchev–Trinajstić information content (AvgIpc) is 2.43. The number of phenols is 2. The molecule has 0 spiro atoms. The molecule has 22 heavy (non-hydrogen) atoms. The molecule has 0 aliphatic heterocycles. The summed E-state index contributed by atoms with van der Waals surface area (Å²) in [5.41, 5.74) is 1.03. The standard InChI is InChI=1S/C20H34O2/c1-17(2)12-10-8-6-4-3-5-7-9-11-13-18-14-19(21)16-20(22)15-18/h14-17,21-22H,3-13H2,1-2H3. The first-order valence-electron chi connectivity index (χ1n) is 9.10. The minimum absolute atomic E-state index is 0.160. The van der Waals surface area contributed by atoms with Crippen LogP contribution in [-0.4, -0.2) is 10.2 Å². The van der Waals surface area contributed by atoms with E-state index >= 15 is 0 Å². The highest BCUT2D eigenvalue weighted by Gasteiger charge is 2.00. The SMILES string of the molecule is CC(C)CCCCCCCCCCCc1cc(O)cc(O)c1. The van der Waals surface area contributed by atoms with E-state index in [1.807, 2.05) is 0 Å². The molecule has 0 atom stereocenters. The van der Waals surface area contributed by atoms with Crippen molar-refractivity contribution in [2.45, 2.75) is 84.5 Å². The number of unbranched alkanes of at least 4 members (excludes halogenated alkanes) is 8. The van der Waals surface area contributed by atoms with Crippen molar-refractivity contribution in [1.29, 1.82) is 0 Å². The fourth-order valence-electron chi connectivity index (χ4n) is 2.92. The van der Waals surface area contributed by atoms with Crippen molar-refractivity contribution >= 4 is 0 Å². The molecule has 0 aliphatic carbocycles. The van der Waals surface area contributed by atoms with Gasteiger partial charge in [-0.15, -0.1) is 0 Å². The van der Waals surface area contributed by atoms with Gasteiger partial charge in [-0.05, 0) is 36.5 Å². The van der Waals surface area contributed by atoms with E-state index in [2.05, 4.69) is 13.8 Å². The summed E-state index contributed by atoms with van der Waals surface area (Å²) >= 11 is 0. The summed E-state index contributed by atoms with van der Waals surface area (Å²) in [5.74, 6) is 1.17. The fourth-order valence-corrected chi connectivity index (χ4v) is 2.92. The Bertz CT molecular complexity index is 378. The van der Waals surface area contributed by atoms with E-state index in [0.717, 1.165) is 24.3 Å². The van der Waals surface area contributed by atoms with Gasteiger partial charge in [0.15, 0.2) is 0 Å². The molecule has 0 heterocycles. The maximum atomic E-state index is 9.43. The van der Waals surface area contributed by atoms with Gasteiger partial charge in [0.25, 0.3) is 0 Å². The topological polar surface area (TPSA) is 40.5 Å². The van der Waals surface area contributed by atoms with Crippen LogP contribution in [0, 0.1) is 5.92 Å². The Balaban J connectivity index is 1.91. The van der Waals surface area contributed by atoms with Crippen LogP contribution in [0.15, 0.2) is 18.2 Å². The van der Waals surface area contributed by atoms with Crippen molar-refractivity contribution in [2.24, 2.45) is 5.92 Å². The van der Waals surface area contributed by atoms with E-state index in [9.17, 15) is 10.2 Å². The van der Waals surface area contributed by atoms with Gasteiger partial charge in [0.1, 0.15) is 11.5 Å². The minimum Gasteiger partial charge on any atom is -0.508 e. The van der Waals surface area contributed by atoms with Crippen molar-refractivity contribution in [3.05, 3.63) is 23.8 Å². The third-order valence-electron chi connectivity index (χ3n) is 4.21. The van der Waals surface area contributed by atoms with E-state index in [-0.39, 0.29) is 11.5 Å². The maximum absolute atomic E-state index is 9.43. The Morgan fingerprint density at radius 3 is 1.64 bits per heavy atom. The van der Waals surface area contributed by atoms with Crippen molar-refractivity contribution in [3.63, 3.8) is 0 Å². The highest BCUT2D eigenvalue weighted by molar-refractivity contribution is 5.36. The zero-order valence-corrected chi connectivity index (χ0v) is 14.5. The van der Waals surface area contributed by atoms with Crippen molar-refractivity contribution < 1.29 is 10.2 Å². The second-order valence-electron chi connectivity index (χ2n) is 6.97. The molecule has 0 radical (unpaired) electrons. The smallest absolute Gasteiger partial charge is 0.119 e. The Hall–Kier alpha value is -1.18. The second-order valence-corrected chi connectivity index (χ2v) is 6.97. The number of hydrogen-bond acceptors (Lipinski definition) is 2. The number of benzene rings is 1. The lowest BCUT2D eigenvalue weighted by atomic mass is 10.0. The summed E-state index contributed by atoms with van der Waals surface area (Å²) < 4.78 is 0. The van der Waals surface area contributed by atoms with Crippen LogP contribution >= 0.6 is 0 Å². The van der Waals surface area contributed by atoms with Crippen molar-refractivity contribution in [2.75, 3.05) is 0 Å². The van der Waals surface area contributed by atoms with Gasteiger partial charge in [-0.25, -0.2) is 0 Å². The molecule has 1 rings (SSSR count). The predicted octanol–water partition coefficient (Wildman–Crippen LogP) is 6.20. The van der Waals surface area contributed by atoms with Crippen LogP contribution in [0.25, 0.3) is 0 Å². The number of phenolic OH excluding ortho intramolecular Hbond substituents is 2. The largest absolute Gasteiger partial charge is 0.508 e. The van der Waals surface area contributed by atoms with Gasteiger partial charge in [0.05, 0.1) is 0 Å². The summed E-state index contributed by atoms with van der Waals surface area (Å²) in [7, 11) is 0. The Morgan fingerprint density at radius 2 is 1.14 bits per heavy atom. The monoisotopic (exact) mass is 306 g/mol. The molecule has 0 bridgehead atoms. The van der Waals surface area contributed by atoms with E-state index < -0.39 is 0 Å². The van der Waals surface area contributed by atoms with Gasteiger partial charge in [-0.3, -0.25) is 0 Å². The molecule has 2 heteroatoms. The lowest BCUT2D eigenvalue weighted by Crippen LogP contribution is -1.88. The number of rotatable bonds is 12. The Kier molecular flexibility index (Phi) is 9.77. The Labute approximate surface area is 136 Å². The summed E-state index contributed by atoms with van der Waals surface area (Å²) in [4.78, 5) is 0. The molecule has 2 nitrogen and oxygen atoms in total. The van der Waals surface area contributed by atoms with Crippen LogP contribution < -0.4 is 0 Å². The van der Waals surface area contributed by atoms with Gasteiger partial charge in [-0.1, -0.05) is 71.6 Å². The second kappa shape index (κ2) is 11.4. The van der Waals surface area contributed by atoms with Crippen LogP contribution in [-0.2, 0) is 6.42 Å². The Morgan fingerprint density at radius 1 is 0.682 bits per heavy atom. The summed E-state index contributed by atoms with van der Waals surface area (Å²) in [6, 6.07) is 4.87. The first-order valence-corrected chi connectivity index (χ1v) is 9.10. The molecule has 0 aromatic heterocycles. The average molecular weight is 306 g/mol. The zero-order chi connectivity index (χ0) is 16.2. The van der Waals surface area contributed by atoms with Gasteiger partial charge in [-0.2, -0.15) is 0 Å². The van der Waals surface area contributed by atoms with Crippen molar-refractivity contribution in [1.82, 2.24) is 0 Å². The fraction of sp³-hybridized carbons (Fsp3) is 0.700. The molecule has 0 unspecified atom stereocenters. The normalized spacial score (nSPS) is 11.2. The molecule has 1 aromatic carbocycles. The lowest BCUT2D eigenvalue weighted by molar-refractivity contribution is 0.449. The quantitative estimate of drug-likeness (QED) is 0.451. The summed E-state index contributed by atoms with van der Waals surface area (Å²) in [6.07, 6.45) is 14.3. The number of hydrogen-bond donors (Lipinski definition) is 2. The van der Waals surface area contributed by atoms with Crippen LogP contribution in [0.4, 0.5) is 0 Å². The molecular formula is C20H34O2. The minimum atomic E-state index is 0.160. The van der Waals surface area contributed by atoms with Crippen LogP contribution in [0.2, 0.25) is 0 Å². The first-order chi connectivity index (χ1) is 10.6. The molecule has 0 amide bonds. The van der Waals surface area contributed by atoms with Gasteiger partial charge < -0.3 is 10.2 Å². The molecule has 2 N–H and O–H groups in total. The highest BCUT2D eigenvalue weighted by Crippen LogP contribution is 2.22. The maximum Gasteiger partial charge on any atom is 0.119 e. The summed E-state index contributed by atoms with van der Waals surface area (Å²) in [5, 5.41) is 18.9. The van der Waals surface area contributed by atoms with E-state index in [4.69, 9.17) is 0 Å². The summed E-state index contributed by atoms with van der Waals surface area (Å²) in [6.45, 7) is 4.61. The molecule has 0 saturated carbocycles. The van der Waals surface area contributed by atoms with Crippen molar-refractivity contribution in [3.8, 4) is 11.5 Å². The third-order valence-corrected chi connectivity index (χ3v) is 4.21.